The second-order valence-corrected chi connectivity index (χ2v) is 5.76. The van der Waals surface area contributed by atoms with Crippen LogP contribution in [0.2, 0.25) is 0 Å². The van der Waals surface area contributed by atoms with Crippen LogP contribution < -0.4 is 4.90 Å². The number of aliphatic hydroxyl groups is 1. The second-order valence-electron chi connectivity index (χ2n) is 5.76. The number of hydrogen-bond donors (Lipinski definition) is 2. The predicted molar refractivity (Wildman–Crippen MR) is 74.9 cm³/mol. The molecule has 2 N–H and O–H groups in total. The largest absolute Gasteiger partial charge is 0.478 e. The number of rotatable bonds is 4. The number of anilines is 1. The van der Waals surface area contributed by atoms with E-state index in [9.17, 15) is 15.0 Å². The summed E-state index contributed by atoms with van der Waals surface area (Å²) in [4.78, 5) is 13.4. The van der Waals surface area contributed by atoms with E-state index < -0.39 is 11.6 Å². The third-order valence-corrected chi connectivity index (χ3v) is 3.57. The molecule has 0 saturated heterocycles. The summed E-state index contributed by atoms with van der Waals surface area (Å²) in [7, 11) is 0. The Morgan fingerprint density at radius 2 is 2.16 bits per heavy atom. The number of fused-ring (bicyclic) bond motifs is 1. The first-order chi connectivity index (χ1) is 8.88. The van der Waals surface area contributed by atoms with Gasteiger partial charge in [-0.25, -0.2) is 4.79 Å². The van der Waals surface area contributed by atoms with Crippen LogP contribution in [0.4, 0.5) is 5.69 Å². The van der Waals surface area contributed by atoms with Crippen molar-refractivity contribution < 1.29 is 15.0 Å². The summed E-state index contributed by atoms with van der Waals surface area (Å²) >= 11 is 0. The Morgan fingerprint density at radius 3 is 2.79 bits per heavy atom. The van der Waals surface area contributed by atoms with Crippen LogP contribution in [0, 0.1) is 0 Å². The van der Waals surface area contributed by atoms with Crippen molar-refractivity contribution in [1.29, 1.82) is 0 Å². The van der Waals surface area contributed by atoms with Gasteiger partial charge in [0.25, 0.3) is 0 Å². The number of hydrogen-bond acceptors (Lipinski definition) is 3. The molecular formula is C15H21NO3. The molecule has 2 rings (SSSR count). The average molecular weight is 263 g/mol. The molecule has 0 atom stereocenters. The molecule has 1 aliphatic heterocycles. The Bertz CT molecular complexity index is 477. The van der Waals surface area contributed by atoms with Crippen LogP contribution in [0.1, 0.15) is 42.6 Å². The van der Waals surface area contributed by atoms with Crippen molar-refractivity contribution in [2.24, 2.45) is 0 Å². The highest BCUT2D eigenvalue weighted by molar-refractivity contribution is 5.91. The first-order valence-electron chi connectivity index (χ1n) is 6.71. The topological polar surface area (TPSA) is 60.8 Å². The molecule has 0 unspecified atom stereocenters. The van der Waals surface area contributed by atoms with Crippen LogP contribution in [-0.2, 0) is 6.42 Å². The highest BCUT2D eigenvalue weighted by atomic mass is 16.4. The summed E-state index contributed by atoms with van der Waals surface area (Å²) in [5.74, 6) is -0.860. The monoisotopic (exact) mass is 263 g/mol. The highest BCUT2D eigenvalue weighted by Gasteiger charge is 2.23. The third-order valence-electron chi connectivity index (χ3n) is 3.57. The Balaban J connectivity index is 2.25. The van der Waals surface area contributed by atoms with Gasteiger partial charge < -0.3 is 15.1 Å². The molecule has 0 saturated carbocycles. The molecule has 0 spiro atoms. The Hall–Kier alpha value is -1.55. The predicted octanol–water partition coefficient (Wildman–Crippen LogP) is 2.30. The molecule has 0 fully saturated rings. The van der Waals surface area contributed by atoms with E-state index in [1.54, 1.807) is 26.0 Å². The van der Waals surface area contributed by atoms with Gasteiger partial charge >= 0.3 is 5.97 Å². The molecule has 104 valence electrons. The van der Waals surface area contributed by atoms with Crippen LogP contribution >= 0.6 is 0 Å². The Labute approximate surface area is 113 Å². The van der Waals surface area contributed by atoms with E-state index in [1.807, 2.05) is 6.07 Å². The molecule has 0 amide bonds. The Kier molecular flexibility index (Phi) is 3.80. The SMILES string of the molecule is CC(C)(O)CCN1CCCc2c(C(=O)O)cccc21. The summed E-state index contributed by atoms with van der Waals surface area (Å²) < 4.78 is 0. The van der Waals surface area contributed by atoms with E-state index in [2.05, 4.69) is 4.90 Å². The van der Waals surface area contributed by atoms with Gasteiger partial charge in [-0.2, -0.15) is 0 Å². The number of aromatic carboxylic acids is 1. The minimum Gasteiger partial charge on any atom is -0.478 e. The molecule has 1 aliphatic rings. The fourth-order valence-electron chi connectivity index (χ4n) is 2.54. The summed E-state index contributed by atoms with van der Waals surface area (Å²) in [6.45, 7) is 5.27. The number of benzene rings is 1. The molecule has 0 aromatic heterocycles. The minimum absolute atomic E-state index is 0.408. The highest BCUT2D eigenvalue weighted by Crippen LogP contribution is 2.30. The van der Waals surface area contributed by atoms with Gasteiger partial charge in [0.05, 0.1) is 11.2 Å². The van der Waals surface area contributed by atoms with Gasteiger partial charge in [-0.1, -0.05) is 6.07 Å². The van der Waals surface area contributed by atoms with Gasteiger partial charge in [0.1, 0.15) is 0 Å². The lowest BCUT2D eigenvalue weighted by atomic mass is 9.95. The molecule has 0 aliphatic carbocycles. The van der Waals surface area contributed by atoms with Gasteiger partial charge in [0, 0.05) is 18.8 Å². The lowest BCUT2D eigenvalue weighted by Crippen LogP contribution is -2.35. The van der Waals surface area contributed by atoms with E-state index in [4.69, 9.17) is 0 Å². The smallest absolute Gasteiger partial charge is 0.336 e. The number of nitrogens with zero attached hydrogens (tertiary/aromatic N) is 1. The lowest BCUT2D eigenvalue weighted by molar-refractivity contribution is 0.0691. The van der Waals surface area contributed by atoms with Gasteiger partial charge in [0.2, 0.25) is 0 Å². The molecule has 4 nitrogen and oxygen atoms in total. The van der Waals surface area contributed by atoms with Crippen molar-refractivity contribution >= 4 is 11.7 Å². The summed E-state index contributed by atoms with van der Waals surface area (Å²) in [6, 6.07) is 5.44. The number of carboxylic acids is 1. The van der Waals surface area contributed by atoms with Crippen LogP contribution in [0.15, 0.2) is 18.2 Å². The van der Waals surface area contributed by atoms with Gasteiger partial charge in [-0.15, -0.1) is 0 Å². The van der Waals surface area contributed by atoms with E-state index in [0.29, 0.717) is 12.0 Å². The molecule has 1 aromatic carbocycles. The molecule has 1 aromatic rings. The number of carbonyl (C=O) groups is 1. The maximum Gasteiger partial charge on any atom is 0.336 e. The zero-order valence-corrected chi connectivity index (χ0v) is 11.5. The van der Waals surface area contributed by atoms with Crippen LogP contribution in [-0.4, -0.2) is 34.9 Å². The van der Waals surface area contributed by atoms with Crippen molar-refractivity contribution in [1.82, 2.24) is 0 Å². The van der Waals surface area contributed by atoms with E-state index in [1.165, 1.54) is 0 Å². The van der Waals surface area contributed by atoms with Crippen molar-refractivity contribution in [3.63, 3.8) is 0 Å². The van der Waals surface area contributed by atoms with Gasteiger partial charge in [-0.3, -0.25) is 0 Å². The van der Waals surface area contributed by atoms with Crippen LogP contribution in [0.25, 0.3) is 0 Å². The second kappa shape index (κ2) is 5.21. The van der Waals surface area contributed by atoms with Gasteiger partial charge in [0.15, 0.2) is 0 Å². The van der Waals surface area contributed by atoms with E-state index >= 15 is 0 Å². The summed E-state index contributed by atoms with van der Waals surface area (Å²) in [5, 5.41) is 19.0. The van der Waals surface area contributed by atoms with E-state index in [0.717, 1.165) is 37.2 Å². The van der Waals surface area contributed by atoms with Crippen LogP contribution in [0.3, 0.4) is 0 Å². The standard InChI is InChI=1S/C15H21NO3/c1-15(2,19)8-10-16-9-4-6-11-12(14(17)18)5-3-7-13(11)16/h3,5,7,19H,4,6,8-10H2,1-2H3,(H,17,18). The van der Waals surface area contributed by atoms with Crippen molar-refractivity contribution in [2.75, 3.05) is 18.0 Å². The summed E-state index contributed by atoms with van der Waals surface area (Å²) in [6.07, 6.45) is 2.45. The fourth-order valence-corrected chi connectivity index (χ4v) is 2.54. The van der Waals surface area contributed by atoms with Crippen molar-refractivity contribution in [3.8, 4) is 0 Å². The maximum absolute atomic E-state index is 11.2. The zero-order valence-electron chi connectivity index (χ0n) is 11.5. The van der Waals surface area contributed by atoms with E-state index in [-0.39, 0.29) is 0 Å². The normalized spacial score (nSPS) is 15.2. The molecule has 4 heteroatoms. The summed E-state index contributed by atoms with van der Waals surface area (Å²) in [5.41, 5.74) is 1.65. The molecule has 0 radical (unpaired) electrons. The lowest BCUT2D eigenvalue weighted by Gasteiger charge is -2.33. The number of carboxylic acid groups (broad SMARTS) is 1. The molecular weight excluding hydrogens is 242 g/mol. The Morgan fingerprint density at radius 1 is 1.42 bits per heavy atom. The minimum atomic E-state index is -0.860. The average Bonchev–Trinajstić information content (AvgIpc) is 2.34. The van der Waals surface area contributed by atoms with Crippen LogP contribution in [0.5, 0.6) is 0 Å². The van der Waals surface area contributed by atoms with Crippen molar-refractivity contribution in [2.45, 2.75) is 38.7 Å². The molecule has 19 heavy (non-hydrogen) atoms. The quantitative estimate of drug-likeness (QED) is 0.875. The first-order valence-corrected chi connectivity index (χ1v) is 6.71. The third kappa shape index (κ3) is 3.26. The molecule has 0 bridgehead atoms. The van der Waals surface area contributed by atoms with Crippen molar-refractivity contribution in [3.05, 3.63) is 29.3 Å². The zero-order chi connectivity index (χ0) is 14.0. The maximum atomic E-state index is 11.2. The molecule has 1 heterocycles. The first kappa shape index (κ1) is 13.9. The fraction of sp³-hybridized carbons (Fsp3) is 0.533. The van der Waals surface area contributed by atoms with Gasteiger partial charge in [-0.05, 0) is 50.8 Å².